The number of ether oxygens (including phenoxy) is 2. The van der Waals surface area contributed by atoms with Gasteiger partial charge in [-0.2, -0.15) is 0 Å². The smallest absolute Gasteiger partial charge is 0.200 e. The number of hydrogen-bond donors (Lipinski definition) is 1. The van der Waals surface area contributed by atoms with Crippen molar-refractivity contribution in [3.8, 4) is 11.5 Å². The van der Waals surface area contributed by atoms with Crippen LogP contribution in [0.2, 0.25) is 0 Å². The van der Waals surface area contributed by atoms with E-state index in [9.17, 15) is 71.0 Å². The molecule has 0 aliphatic heterocycles. The van der Waals surface area contributed by atoms with Gasteiger partial charge in [-0.3, -0.25) is 0 Å². The van der Waals surface area contributed by atoms with Gasteiger partial charge in [0.2, 0.25) is 17.5 Å². The number of rotatable bonds is 18. The first-order valence-electron chi connectivity index (χ1n) is 37.7. The summed E-state index contributed by atoms with van der Waals surface area (Å²) >= 11 is 0. The van der Waals surface area contributed by atoms with Gasteiger partial charge in [0.1, 0.15) is 11.5 Å². The molecule has 622 valence electrons. The molecule has 0 saturated heterocycles. The number of halogens is 15. The van der Waals surface area contributed by atoms with Crippen molar-refractivity contribution >= 4 is 119 Å². The lowest BCUT2D eigenvalue weighted by molar-refractivity contribution is 0.282. The van der Waals surface area contributed by atoms with E-state index in [2.05, 4.69) is 224 Å². The predicted octanol–water partition coefficient (Wildman–Crippen LogP) is 20.7. The van der Waals surface area contributed by atoms with Crippen LogP contribution < -0.4 is 89.0 Å². The van der Waals surface area contributed by atoms with Gasteiger partial charge in [-0.15, -0.1) is 0 Å². The topological polar surface area (TPSA) is 38.7 Å². The minimum absolute atomic E-state index is 0.0588. The van der Waals surface area contributed by atoms with E-state index in [4.69, 9.17) is 9.47 Å². The Morgan fingerprint density at radius 1 is 0.205 bits per heavy atom. The van der Waals surface area contributed by atoms with Gasteiger partial charge in [-0.25, -0.2) is 65.9 Å². The summed E-state index contributed by atoms with van der Waals surface area (Å²) < 4.78 is 219. The van der Waals surface area contributed by atoms with Crippen LogP contribution in [0.3, 0.4) is 0 Å². The summed E-state index contributed by atoms with van der Waals surface area (Å²) in [6.07, 6.45) is 0. The van der Waals surface area contributed by atoms with E-state index in [1.165, 1.54) is 99.3 Å². The summed E-state index contributed by atoms with van der Waals surface area (Å²) in [4.78, 5) is 0. The van der Waals surface area contributed by atoms with Gasteiger partial charge < -0.3 is 14.6 Å². The quantitative estimate of drug-likeness (QED) is 0.0403. The van der Waals surface area contributed by atoms with Crippen molar-refractivity contribution in [2.75, 3.05) is 14.2 Å². The molecule has 0 radical (unpaired) electrons. The first-order chi connectivity index (χ1) is 58.7. The molecule has 0 unspecified atom stereocenters. The fourth-order valence-corrected chi connectivity index (χ4v) is 24.9. The Kier molecular flexibility index (Phi) is 32.1. The zero-order valence-corrected chi connectivity index (χ0v) is 71.3. The number of aryl methyl sites for hydroxylation is 6. The van der Waals surface area contributed by atoms with Crippen molar-refractivity contribution < 1.29 is 80.4 Å². The monoisotopic (exact) mass is 1750 g/mol. The van der Waals surface area contributed by atoms with Crippen LogP contribution in [-0.4, -0.2) is 19.3 Å². The molecular weight excluding hydrogens is 1680 g/mol. The van der Waals surface area contributed by atoms with E-state index in [0.717, 1.165) is 29.2 Å². The highest BCUT2D eigenvalue weighted by Gasteiger charge is 2.39. The molecule has 15 aromatic carbocycles. The van der Waals surface area contributed by atoms with Crippen molar-refractivity contribution in [3.63, 3.8) is 0 Å². The molecule has 0 spiro atoms. The molecule has 15 rings (SSSR count). The molecule has 0 atom stereocenters. The van der Waals surface area contributed by atoms with Crippen LogP contribution >= 0.6 is 39.6 Å². The molecule has 3 nitrogen and oxygen atoms in total. The zero-order chi connectivity index (χ0) is 87.6. The maximum Gasteiger partial charge on any atom is 0.200 e. The van der Waals surface area contributed by atoms with E-state index in [0.29, 0.717) is 10.6 Å². The number of hydrogen-bond acceptors (Lipinski definition) is 3. The zero-order valence-electron chi connectivity index (χ0n) is 66.8. The van der Waals surface area contributed by atoms with Crippen LogP contribution in [0.1, 0.15) is 38.9 Å². The normalized spacial score (nSPS) is 11.0. The summed E-state index contributed by atoms with van der Waals surface area (Å²) in [5.41, 5.74) is 8.98. The molecule has 0 saturated carbocycles. The molecule has 23 heteroatoms. The molecule has 1 N–H and O–H groups in total. The van der Waals surface area contributed by atoms with Crippen molar-refractivity contribution in [2.45, 2.75) is 48.1 Å². The Morgan fingerprint density at radius 2 is 0.402 bits per heavy atom. The molecule has 0 amide bonds. The maximum atomic E-state index is 14.4. The summed E-state index contributed by atoms with van der Waals surface area (Å²) in [6, 6.07) is 100. The van der Waals surface area contributed by atoms with Crippen LogP contribution in [0, 0.1) is 129 Å². The van der Waals surface area contributed by atoms with Crippen LogP contribution in [0.4, 0.5) is 65.9 Å². The fraction of sp³-hybridized carbons (Fsp3) is 0.0909. The van der Waals surface area contributed by atoms with E-state index in [1.807, 2.05) is 36.4 Å². The van der Waals surface area contributed by atoms with Crippen molar-refractivity contribution in [1.82, 2.24) is 0 Å². The number of aliphatic hydroxyl groups excluding tert-OH is 1. The largest absolute Gasteiger partial charge is 0.497 e. The SMILES string of the molecule is COc1ccc(P(c2ccc(CO)cc2)c2ccc(OC)cc2)cc1.Cc1ccc(P(c2ccc(C)cc2)c2ccc(C)cc2)cc1.Cc1ccccc1P(c1ccccc1C)c1ccccc1C.Fc1c(F)c(F)c(P(c2ccccc2)c2c(F)c(F)c(F)c(F)c2F)c(F)c1F.Fc1c(F)c(F)c(P(c2ccccc2)c2ccccc2)c(F)c1F. The minimum atomic E-state index is -3.41. The summed E-state index contributed by atoms with van der Waals surface area (Å²) in [5.74, 6) is -32.4. The highest BCUT2D eigenvalue weighted by molar-refractivity contribution is 7.81. The van der Waals surface area contributed by atoms with Gasteiger partial charge in [0.05, 0.1) is 36.7 Å². The summed E-state index contributed by atoms with van der Waals surface area (Å²) in [6.45, 7) is 13.2. The van der Waals surface area contributed by atoms with E-state index < -0.39 is 148 Å². The van der Waals surface area contributed by atoms with Crippen molar-refractivity contribution in [1.29, 1.82) is 0 Å². The van der Waals surface area contributed by atoms with Gasteiger partial charge in [0.25, 0.3) is 0 Å². The second kappa shape index (κ2) is 42.6. The minimum Gasteiger partial charge on any atom is -0.497 e. The van der Waals surface area contributed by atoms with Crippen molar-refractivity contribution in [3.05, 3.63) is 436 Å². The summed E-state index contributed by atoms with van der Waals surface area (Å²) in [7, 11) is -3.67. The third kappa shape index (κ3) is 21.3. The molecule has 15 aromatic rings. The second-order valence-electron chi connectivity index (χ2n) is 27.5. The van der Waals surface area contributed by atoms with Gasteiger partial charge in [-0.1, -0.05) is 302 Å². The Bertz CT molecular complexity index is 5520. The van der Waals surface area contributed by atoms with Gasteiger partial charge >= 0.3 is 0 Å². The van der Waals surface area contributed by atoms with Crippen LogP contribution in [0.15, 0.2) is 309 Å². The number of methoxy groups -OCH3 is 2. The van der Waals surface area contributed by atoms with Gasteiger partial charge in [-0.05, 0) is 191 Å². The molecule has 0 aliphatic carbocycles. The average molecular weight is 1760 g/mol. The number of benzene rings is 15. The van der Waals surface area contributed by atoms with E-state index >= 15 is 0 Å². The third-order valence-electron chi connectivity index (χ3n) is 19.3. The number of aliphatic hydroxyl groups is 1. The van der Waals surface area contributed by atoms with E-state index in [1.54, 1.807) is 74.9 Å². The van der Waals surface area contributed by atoms with Crippen molar-refractivity contribution in [2.24, 2.45) is 0 Å². The Hall–Kier alpha value is -11.0. The lowest BCUT2D eigenvalue weighted by atomic mass is 10.2. The molecule has 0 aliphatic rings. The first-order valence-corrected chi connectivity index (χ1v) is 44.4. The Balaban J connectivity index is 0.000000149. The average Bonchev–Trinajstić information content (AvgIpc) is 0.745. The van der Waals surface area contributed by atoms with Gasteiger partial charge in [0.15, 0.2) is 69.8 Å². The van der Waals surface area contributed by atoms with Gasteiger partial charge in [0, 0.05) is 0 Å². The molecular formula is C99H78F15O3P5. The van der Waals surface area contributed by atoms with E-state index in [-0.39, 0.29) is 6.61 Å². The Morgan fingerprint density at radius 3 is 0.639 bits per heavy atom. The lowest BCUT2D eigenvalue weighted by Gasteiger charge is -2.24. The standard InChI is InChI=1S/C21H21O3P.2C21H21P.C18H5F10P.C18H10F5P/c1-23-17-5-11-20(12-6-17)25(19-9-3-16(15-22)4-10-19)21-13-7-18(24-2)8-14-21;1-16-4-10-19(11-5-16)22(20-12-6-17(2)7-13-20)21-14-8-18(3)9-15-21;1-16-10-4-7-13-19(16)22(20-14-8-5-11-17(20)2)21-15-9-6-12-18(21)3;19-7-9(21)13(25)17(14(26)10(7)22)29(6-4-2-1-3-5-6)18-15(27)11(23)8(20)12(24)16(18)28;19-13-14(20)16(22)18(17(23)15(13)21)24(11-7-3-1-4-8-11)12-9-5-2-6-10-12/h3-14,22H,15H2,1-2H3;2*4-15H,1-3H3;1-5H;1-10H. The highest BCUT2D eigenvalue weighted by atomic mass is 31.1. The Labute approximate surface area is 705 Å². The lowest BCUT2D eigenvalue weighted by Crippen LogP contribution is -2.33. The van der Waals surface area contributed by atoms with Crippen LogP contribution in [-0.2, 0) is 6.61 Å². The molecule has 0 aromatic heterocycles. The highest BCUT2D eigenvalue weighted by Crippen LogP contribution is 2.43. The van der Waals surface area contributed by atoms with Crippen LogP contribution in [0.5, 0.6) is 11.5 Å². The molecule has 122 heavy (non-hydrogen) atoms. The molecule has 0 fully saturated rings. The summed E-state index contributed by atoms with van der Waals surface area (Å²) in [5, 5.41) is 18.0. The molecule has 0 bridgehead atoms. The second-order valence-corrected chi connectivity index (χ2v) is 38.3. The molecule has 0 heterocycles. The predicted molar refractivity (Wildman–Crippen MR) is 473 cm³/mol. The first kappa shape index (κ1) is 91.7. The van der Waals surface area contributed by atoms with Crippen LogP contribution in [0.25, 0.3) is 0 Å². The fourth-order valence-electron chi connectivity index (χ4n) is 12.9. The maximum absolute atomic E-state index is 14.4. The third-order valence-corrected chi connectivity index (χ3v) is 32.1.